The van der Waals surface area contributed by atoms with Gasteiger partial charge >= 0.3 is 6.18 Å². The van der Waals surface area contributed by atoms with Crippen LogP contribution in [-0.2, 0) is 12.0 Å². The number of aromatic nitrogens is 5. The van der Waals surface area contributed by atoms with Crippen LogP contribution in [0.25, 0.3) is 27.8 Å². The van der Waals surface area contributed by atoms with Crippen molar-refractivity contribution in [3.63, 3.8) is 0 Å². The van der Waals surface area contributed by atoms with Crippen molar-refractivity contribution in [1.82, 2.24) is 24.5 Å². The number of nitrogens with zero attached hydrogens (tertiary/aromatic N) is 6. The monoisotopic (exact) mass is 434 g/mol. The lowest BCUT2D eigenvalue weighted by Gasteiger charge is -2.10. The maximum Gasteiger partial charge on any atom is 0.408 e. The fourth-order valence-electron chi connectivity index (χ4n) is 4.81. The molecule has 2 fully saturated rings. The maximum absolute atomic E-state index is 12.6. The van der Waals surface area contributed by atoms with E-state index in [1.165, 1.54) is 12.4 Å². The van der Waals surface area contributed by atoms with E-state index in [4.69, 9.17) is 0 Å². The van der Waals surface area contributed by atoms with Crippen LogP contribution >= 0.6 is 0 Å². The Hall–Kier alpha value is -3.67. The maximum atomic E-state index is 12.6. The van der Waals surface area contributed by atoms with Crippen LogP contribution in [0.3, 0.4) is 0 Å². The van der Waals surface area contributed by atoms with Crippen LogP contribution in [0.1, 0.15) is 24.8 Å². The van der Waals surface area contributed by atoms with Gasteiger partial charge in [-0.15, -0.1) is 0 Å². The van der Waals surface area contributed by atoms with E-state index in [1.807, 2.05) is 18.2 Å². The highest BCUT2D eigenvalue weighted by Gasteiger charge is 2.75. The van der Waals surface area contributed by atoms with Crippen molar-refractivity contribution in [1.29, 1.82) is 5.26 Å². The molecular formula is C23H17F3N6. The van der Waals surface area contributed by atoms with Gasteiger partial charge in [0.1, 0.15) is 6.54 Å². The van der Waals surface area contributed by atoms with Crippen LogP contribution in [0.15, 0.2) is 55.1 Å². The van der Waals surface area contributed by atoms with E-state index in [0.717, 1.165) is 46.1 Å². The lowest BCUT2D eigenvalue weighted by molar-refractivity contribution is -0.142. The first kappa shape index (κ1) is 19.0. The molecule has 3 aromatic heterocycles. The van der Waals surface area contributed by atoms with E-state index in [0.29, 0.717) is 11.3 Å². The van der Waals surface area contributed by atoms with Crippen molar-refractivity contribution < 1.29 is 13.2 Å². The third-order valence-electron chi connectivity index (χ3n) is 6.75. The van der Waals surface area contributed by atoms with Crippen molar-refractivity contribution in [3.8, 4) is 23.0 Å². The highest BCUT2D eigenvalue weighted by molar-refractivity contribution is 5.82. The normalized spacial score (nSPS) is 21.1. The van der Waals surface area contributed by atoms with E-state index < -0.39 is 18.1 Å². The number of alkyl halides is 3. The molecule has 0 radical (unpaired) electrons. The Morgan fingerprint density at radius 3 is 2.66 bits per heavy atom. The van der Waals surface area contributed by atoms with Crippen LogP contribution in [0, 0.1) is 16.7 Å². The zero-order valence-electron chi connectivity index (χ0n) is 16.8. The van der Waals surface area contributed by atoms with Crippen LogP contribution in [0.4, 0.5) is 13.2 Å². The predicted octanol–water partition coefficient (Wildman–Crippen LogP) is 4.79. The Morgan fingerprint density at radius 1 is 1.09 bits per heavy atom. The molecule has 0 amide bonds. The molecule has 2 aliphatic rings. The first-order valence-corrected chi connectivity index (χ1v) is 10.3. The minimum absolute atomic E-state index is 0.167. The third kappa shape index (κ3) is 2.83. The average molecular weight is 434 g/mol. The van der Waals surface area contributed by atoms with Gasteiger partial charge in [-0.2, -0.15) is 28.6 Å². The van der Waals surface area contributed by atoms with Crippen molar-refractivity contribution in [2.75, 3.05) is 0 Å². The van der Waals surface area contributed by atoms with E-state index >= 15 is 0 Å². The van der Waals surface area contributed by atoms with Crippen molar-refractivity contribution >= 4 is 10.9 Å². The standard InChI is InChI=1S/C23H17F3N6/c24-23(25,26)14-31-11-16(10-29-31)19-8-18(3-6-28-19)32-20-7-17(2-1-15(20)9-30-32)22(13-27)12-21(22)4-5-21/h1-3,6-11H,4-5,12,14H2/t22-/m1/s1. The van der Waals surface area contributed by atoms with Gasteiger partial charge in [-0.05, 0) is 48.4 Å². The summed E-state index contributed by atoms with van der Waals surface area (Å²) in [6.07, 6.45) is 4.84. The summed E-state index contributed by atoms with van der Waals surface area (Å²) in [5, 5.41) is 19.1. The lowest BCUT2D eigenvalue weighted by Crippen LogP contribution is -2.17. The van der Waals surface area contributed by atoms with Gasteiger partial charge in [-0.3, -0.25) is 9.67 Å². The first-order chi connectivity index (χ1) is 15.3. The number of halogens is 3. The minimum atomic E-state index is -4.34. The molecule has 6 nitrogen and oxygen atoms in total. The molecule has 6 rings (SSSR count). The summed E-state index contributed by atoms with van der Waals surface area (Å²) in [5.74, 6) is 0. The van der Waals surface area contributed by atoms with Gasteiger partial charge in [0.15, 0.2) is 0 Å². The summed E-state index contributed by atoms with van der Waals surface area (Å²) in [6, 6.07) is 12.2. The topological polar surface area (TPSA) is 72.3 Å². The van der Waals surface area contributed by atoms with Gasteiger partial charge in [-0.1, -0.05) is 12.1 Å². The van der Waals surface area contributed by atoms with E-state index in [-0.39, 0.29) is 5.41 Å². The van der Waals surface area contributed by atoms with Gasteiger partial charge in [0, 0.05) is 23.3 Å². The van der Waals surface area contributed by atoms with Crippen LogP contribution in [0.2, 0.25) is 0 Å². The highest BCUT2D eigenvalue weighted by Crippen LogP contribution is 2.78. The third-order valence-corrected chi connectivity index (χ3v) is 6.75. The SMILES string of the molecule is N#C[C@@]1(c2ccc3cnn(-c4ccnc(-c5cnn(CC(F)(F)F)c5)c4)c3c2)CC12CC2. The molecule has 9 heteroatoms. The summed E-state index contributed by atoms with van der Waals surface area (Å²) in [6.45, 7) is -1.15. The first-order valence-electron chi connectivity index (χ1n) is 10.3. The molecule has 2 aliphatic carbocycles. The zero-order chi connectivity index (χ0) is 22.1. The fourth-order valence-corrected chi connectivity index (χ4v) is 4.81. The smallest absolute Gasteiger partial charge is 0.263 e. The zero-order valence-corrected chi connectivity index (χ0v) is 16.8. The molecule has 4 aromatic rings. The highest BCUT2D eigenvalue weighted by atomic mass is 19.4. The number of benzene rings is 1. The summed E-state index contributed by atoms with van der Waals surface area (Å²) in [7, 11) is 0. The predicted molar refractivity (Wildman–Crippen MR) is 110 cm³/mol. The largest absolute Gasteiger partial charge is 0.408 e. The van der Waals surface area contributed by atoms with E-state index in [2.05, 4.69) is 21.3 Å². The summed E-state index contributed by atoms with van der Waals surface area (Å²) in [5.41, 5.74) is 3.40. The number of hydrogen-bond acceptors (Lipinski definition) is 4. The van der Waals surface area contributed by atoms with Crippen LogP contribution < -0.4 is 0 Å². The molecule has 160 valence electrons. The number of nitriles is 1. The molecule has 0 saturated heterocycles. The van der Waals surface area contributed by atoms with Gasteiger partial charge in [0.2, 0.25) is 0 Å². The molecule has 0 bridgehead atoms. The van der Waals surface area contributed by atoms with E-state index in [9.17, 15) is 18.4 Å². The number of rotatable bonds is 4. The van der Waals surface area contributed by atoms with Gasteiger partial charge < -0.3 is 0 Å². The number of fused-ring (bicyclic) bond motifs is 1. The second kappa shape index (κ2) is 6.19. The minimum Gasteiger partial charge on any atom is -0.263 e. The lowest BCUT2D eigenvalue weighted by atomic mass is 9.93. The van der Waals surface area contributed by atoms with Gasteiger partial charge in [0.25, 0.3) is 0 Å². The summed E-state index contributed by atoms with van der Waals surface area (Å²) in [4.78, 5) is 4.30. The summed E-state index contributed by atoms with van der Waals surface area (Å²) >= 11 is 0. The van der Waals surface area contributed by atoms with Crippen LogP contribution in [0.5, 0.6) is 0 Å². The number of pyridine rings is 1. The molecule has 2 saturated carbocycles. The second-order valence-electron chi connectivity index (χ2n) is 8.75. The van der Waals surface area contributed by atoms with E-state index in [1.54, 1.807) is 29.2 Å². The Kier molecular flexibility index (Phi) is 3.68. The van der Waals surface area contributed by atoms with Gasteiger partial charge in [-0.25, -0.2) is 4.68 Å². The molecule has 1 spiro atoms. The quantitative estimate of drug-likeness (QED) is 0.463. The molecular weight excluding hydrogens is 417 g/mol. The molecule has 3 heterocycles. The second-order valence-corrected chi connectivity index (χ2v) is 8.75. The Morgan fingerprint density at radius 2 is 1.94 bits per heavy atom. The number of hydrogen-bond donors (Lipinski definition) is 0. The molecule has 32 heavy (non-hydrogen) atoms. The van der Waals surface area contributed by atoms with Crippen molar-refractivity contribution in [2.45, 2.75) is 37.4 Å². The van der Waals surface area contributed by atoms with Crippen LogP contribution in [-0.4, -0.2) is 30.7 Å². The van der Waals surface area contributed by atoms with Crippen molar-refractivity contribution in [3.05, 3.63) is 60.7 Å². The Balaban J connectivity index is 1.37. The van der Waals surface area contributed by atoms with Gasteiger partial charge in [0.05, 0.1) is 40.8 Å². The fraction of sp³-hybridized carbons (Fsp3) is 0.304. The summed E-state index contributed by atoms with van der Waals surface area (Å²) < 4.78 is 40.6. The molecule has 0 aliphatic heterocycles. The van der Waals surface area contributed by atoms with Crippen molar-refractivity contribution in [2.24, 2.45) is 5.41 Å². The molecule has 0 unspecified atom stereocenters. The Labute approximate surface area is 180 Å². The molecule has 1 aromatic carbocycles. The molecule has 0 N–H and O–H groups in total. The molecule has 1 atom stereocenters. The Bertz CT molecular complexity index is 1410. The average Bonchev–Trinajstić information content (AvgIpc) is 3.54.